The largest absolute Gasteiger partial charge is 0.465 e. The SMILES string of the molecule is O=C(O)NCCCC[C@H](NC(=O)O)C(=O)CCl. The molecule has 0 unspecified atom stereocenters. The number of alkyl halides is 1. The van der Waals surface area contributed by atoms with Crippen LogP contribution in [0.25, 0.3) is 0 Å². The maximum absolute atomic E-state index is 11.3. The first kappa shape index (κ1) is 15.5. The van der Waals surface area contributed by atoms with Gasteiger partial charge in [0.2, 0.25) is 0 Å². The van der Waals surface area contributed by atoms with E-state index in [1.807, 2.05) is 0 Å². The van der Waals surface area contributed by atoms with Crippen LogP contribution >= 0.6 is 11.6 Å². The number of rotatable bonds is 8. The van der Waals surface area contributed by atoms with Gasteiger partial charge in [-0.2, -0.15) is 0 Å². The molecule has 8 heteroatoms. The molecule has 0 aliphatic carbocycles. The van der Waals surface area contributed by atoms with Crippen LogP contribution in [0.15, 0.2) is 0 Å². The lowest BCUT2D eigenvalue weighted by molar-refractivity contribution is -0.118. The van der Waals surface area contributed by atoms with Crippen molar-refractivity contribution in [3.8, 4) is 0 Å². The van der Waals surface area contributed by atoms with E-state index in [9.17, 15) is 14.4 Å². The van der Waals surface area contributed by atoms with Gasteiger partial charge in [-0.25, -0.2) is 9.59 Å². The molecule has 1 atom stereocenters. The zero-order chi connectivity index (χ0) is 13.3. The standard InChI is InChI=1S/C9H15ClN2O5/c10-5-7(13)6(12-9(16)17)3-1-2-4-11-8(14)15/h6,11-12H,1-5H2,(H,14,15)(H,16,17)/t6-/m0/s1. The fourth-order valence-electron chi connectivity index (χ4n) is 1.22. The minimum absolute atomic E-state index is 0.252. The summed E-state index contributed by atoms with van der Waals surface area (Å²) >= 11 is 5.34. The fraction of sp³-hybridized carbons (Fsp3) is 0.667. The highest BCUT2D eigenvalue weighted by atomic mass is 35.5. The third-order valence-electron chi connectivity index (χ3n) is 2.01. The van der Waals surface area contributed by atoms with Crippen LogP contribution < -0.4 is 10.6 Å². The first-order valence-corrected chi connectivity index (χ1v) is 5.55. The van der Waals surface area contributed by atoms with Gasteiger partial charge in [0, 0.05) is 6.54 Å². The Kier molecular flexibility index (Phi) is 7.87. The molecule has 0 bridgehead atoms. The summed E-state index contributed by atoms with van der Waals surface area (Å²) in [7, 11) is 0. The number of carbonyl (C=O) groups excluding carboxylic acids is 1. The van der Waals surface area contributed by atoms with Crippen LogP contribution in [0.1, 0.15) is 19.3 Å². The van der Waals surface area contributed by atoms with Crippen molar-refractivity contribution in [1.29, 1.82) is 0 Å². The van der Waals surface area contributed by atoms with Gasteiger partial charge in [0.1, 0.15) is 0 Å². The van der Waals surface area contributed by atoms with Crippen molar-refractivity contribution in [3.63, 3.8) is 0 Å². The van der Waals surface area contributed by atoms with Crippen molar-refractivity contribution in [1.82, 2.24) is 10.6 Å². The molecule has 0 aliphatic heterocycles. The lowest BCUT2D eigenvalue weighted by Gasteiger charge is -2.14. The van der Waals surface area contributed by atoms with Crippen molar-refractivity contribution >= 4 is 29.6 Å². The molecule has 0 aromatic carbocycles. The average Bonchev–Trinajstić information content (AvgIpc) is 2.25. The first-order valence-electron chi connectivity index (χ1n) is 5.02. The van der Waals surface area contributed by atoms with Crippen LogP contribution in [0, 0.1) is 0 Å². The van der Waals surface area contributed by atoms with Gasteiger partial charge in [0.05, 0.1) is 11.9 Å². The molecule has 0 aliphatic rings. The zero-order valence-corrected chi connectivity index (χ0v) is 9.87. The van der Waals surface area contributed by atoms with E-state index in [0.29, 0.717) is 19.3 Å². The van der Waals surface area contributed by atoms with Crippen LogP contribution in [0.4, 0.5) is 9.59 Å². The molecule has 0 rings (SSSR count). The van der Waals surface area contributed by atoms with Crippen molar-refractivity contribution in [2.24, 2.45) is 0 Å². The summed E-state index contributed by atoms with van der Waals surface area (Å²) in [4.78, 5) is 31.8. The third-order valence-corrected chi connectivity index (χ3v) is 2.28. The fourth-order valence-corrected chi connectivity index (χ4v) is 1.41. The summed E-state index contributed by atoms with van der Waals surface area (Å²) in [5.41, 5.74) is 0. The maximum Gasteiger partial charge on any atom is 0.405 e. The number of amides is 2. The summed E-state index contributed by atoms with van der Waals surface area (Å²) in [5, 5.41) is 21.1. The monoisotopic (exact) mass is 266 g/mol. The Morgan fingerprint density at radius 1 is 1.12 bits per heavy atom. The maximum atomic E-state index is 11.3. The molecule has 0 fully saturated rings. The summed E-state index contributed by atoms with van der Waals surface area (Å²) in [6.45, 7) is 0.268. The Morgan fingerprint density at radius 2 is 1.76 bits per heavy atom. The zero-order valence-electron chi connectivity index (χ0n) is 9.11. The van der Waals surface area contributed by atoms with E-state index in [1.165, 1.54) is 0 Å². The van der Waals surface area contributed by atoms with E-state index < -0.39 is 18.2 Å². The minimum Gasteiger partial charge on any atom is -0.465 e. The van der Waals surface area contributed by atoms with E-state index in [0.717, 1.165) is 0 Å². The highest BCUT2D eigenvalue weighted by Crippen LogP contribution is 2.03. The lowest BCUT2D eigenvalue weighted by Crippen LogP contribution is -2.40. The molecule has 4 N–H and O–H groups in total. The average molecular weight is 267 g/mol. The van der Waals surface area contributed by atoms with Crippen molar-refractivity contribution in [2.75, 3.05) is 12.4 Å². The number of ketones is 1. The molecule has 17 heavy (non-hydrogen) atoms. The van der Waals surface area contributed by atoms with E-state index in [4.69, 9.17) is 21.8 Å². The van der Waals surface area contributed by atoms with Crippen LogP contribution in [0.5, 0.6) is 0 Å². The topological polar surface area (TPSA) is 116 Å². The summed E-state index contributed by atoms with van der Waals surface area (Å²) in [5.74, 6) is -0.640. The molecule has 2 amide bonds. The molecule has 0 aromatic heterocycles. The lowest BCUT2D eigenvalue weighted by atomic mass is 10.1. The summed E-state index contributed by atoms with van der Waals surface area (Å²) in [6.07, 6.45) is -1.04. The molecular weight excluding hydrogens is 252 g/mol. The molecule has 0 aromatic rings. The van der Waals surface area contributed by atoms with Gasteiger partial charge >= 0.3 is 12.2 Å². The number of unbranched alkanes of at least 4 members (excludes halogenated alkanes) is 1. The molecule has 0 saturated heterocycles. The first-order chi connectivity index (χ1) is 7.97. The second-order valence-corrected chi connectivity index (χ2v) is 3.60. The summed E-state index contributed by atoms with van der Waals surface area (Å²) in [6, 6.07) is -0.824. The predicted octanol–water partition coefficient (Wildman–Crippen LogP) is 0.868. The van der Waals surface area contributed by atoms with Gasteiger partial charge in [0.25, 0.3) is 0 Å². The van der Waals surface area contributed by atoms with Crippen LogP contribution in [0.3, 0.4) is 0 Å². The molecule has 0 radical (unpaired) electrons. The molecule has 0 spiro atoms. The minimum atomic E-state index is -1.28. The van der Waals surface area contributed by atoms with Gasteiger partial charge in [-0.05, 0) is 19.3 Å². The number of hydrogen-bond donors (Lipinski definition) is 4. The summed E-state index contributed by atoms with van der Waals surface area (Å²) < 4.78 is 0. The number of nitrogens with one attached hydrogen (secondary N) is 2. The Morgan fingerprint density at radius 3 is 2.24 bits per heavy atom. The smallest absolute Gasteiger partial charge is 0.405 e. The Labute approximate surface area is 103 Å². The third kappa shape index (κ3) is 8.32. The van der Waals surface area contributed by atoms with Gasteiger partial charge < -0.3 is 20.8 Å². The van der Waals surface area contributed by atoms with Crippen LogP contribution in [-0.4, -0.2) is 46.6 Å². The van der Waals surface area contributed by atoms with Gasteiger partial charge in [-0.15, -0.1) is 11.6 Å². The highest BCUT2D eigenvalue weighted by Gasteiger charge is 2.18. The van der Waals surface area contributed by atoms with Crippen LogP contribution in [-0.2, 0) is 4.79 Å². The van der Waals surface area contributed by atoms with E-state index >= 15 is 0 Å². The molecule has 0 heterocycles. The normalized spacial score (nSPS) is 11.6. The van der Waals surface area contributed by atoms with Gasteiger partial charge in [-0.3, -0.25) is 4.79 Å². The molecular formula is C9H15ClN2O5. The van der Waals surface area contributed by atoms with Gasteiger partial charge in [-0.1, -0.05) is 0 Å². The number of halogens is 1. The van der Waals surface area contributed by atoms with Crippen molar-refractivity contribution in [2.45, 2.75) is 25.3 Å². The van der Waals surface area contributed by atoms with E-state index in [2.05, 4.69) is 10.6 Å². The van der Waals surface area contributed by atoms with Crippen molar-refractivity contribution in [3.05, 3.63) is 0 Å². The Bertz CT molecular complexity index is 285. The number of hydrogen-bond acceptors (Lipinski definition) is 3. The van der Waals surface area contributed by atoms with Crippen LogP contribution in [0.2, 0.25) is 0 Å². The molecule has 7 nitrogen and oxygen atoms in total. The second-order valence-electron chi connectivity index (χ2n) is 3.33. The highest BCUT2D eigenvalue weighted by molar-refractivity contribution is 6.28. The van der Waals surface area contributed by atoms with Gasteiger partial charge in [0.15, 0.2) is 5.78 Å². The predicted molar refractivity (Wildman–Crippen MR) is 60.6 cm³/mol. The Balaban J connectivity index is 3.87. The van der Waals surface area contributed by atoms with E-state index in [-0.39, 0.29) is 18.2 Å². The molecule has 98 valence electrons. The van der Waals surface area contributed by atoms with E-state index in [1.54, 1.807) is 0 Å². The Hall–Kier alpha value is -1.50. The second kappa shape index (κ2) is 8.63. The number of Topliss-reactive ketones (excluding diaryl/α,β-unsaturated/α-hetero) is 1. The van der Waals surface area contributed by atoms with Crippen molar-refractivity contribution < 1.29 is 24.6 Å². The number of carboxylic acid groups (broad SMARTS) is 2. The number of carbonyl (C=O) groups is 3. The quantitative estimate of drug-likeness (QED) is 0.384. The molecule has 0 saturated carbocycles.